The Kier molecular flexibility index (Phi) is 7.59. The van der Waals surface area contributed by atoms with E-state index >= 15 is 0 Å². The number of benzene rings is 2. The Bertz CT molecular complexity index is 599. The van der Waals surface area contributed by atoms with Gasteiger partial charge in [0.15, 0.2) is 11.5 Å². The molecule has 130 valence electrons. The summed E-state index contributed by atoms with van der Waals surface area (Å²) in [6.45, 7) is 3.63. The number of nitrogens with two attached hydrogens (primary N) is 1. The van der Waals surface area contributed by atoms with Crippen LogP contribution < -0.4 is 15.2 Å². The molecule has 0 amide bonds. The molecule has 0 radical (unpaired) electrons. The number of hydrogen-bond donors (Lipinski definition) is 1. The van der Waals surface area contributed by atoms with Crippen LogP contribution in [0.3, 0.4) is 0 Å². The fraction of sp³-hybridized carbons (Fsp3) is 0.400. The van der Waals surface area contributed by atoms with Crippen LogP contribution in [0.2, 0.25) is 0 Å². The van der Waals surface area contributed by atoms with Crippen LogP contribution in [0, 0.1) is 0 Å². The lowest BCUT2D eigenvalue weighted by Crippen LogP contribution is -2.15. The highest BCUT2D eigenvalue weighted by Gasteiger charge is 2.07. The van der Waals surface area contributed by atoms with Gasteiger partial charge in [0.2, 0.25) is 0 Å². The van der Waals surface area contributed by atoms with Crippen LogP contribution in [0.5, 0.6) is 11.5 Å². The van der Waals surface area contributed by atoms with Gasteiger partial charge in [0.25, 0.3) is 0 Å². The molecule has 0 fully saturated rings. The van der Waals surface area contributed by atoms with Gasteiger partial charge in [-0.25, -0.2) is 0 Å². The molecule has 1 unspecified atom stereocenters. The maximum Gasteiger partial charge on any atom is 0.161 e. The molecular formula is C20H27NO3. The van der Waals surface area contributed by atoms with Gasteiger partial charge in [-0.3, -0.25) is 0 Å². The minimum atomic E-state index is 0.197. The Hall–Kier alpha value is -2.04. The smallest absolute Gasteiger partial charge is 0.161 e. The van der Waals surface area contributed by atoms with Crippen LogP contribution in [0.25, 0.3) is 0 Å². The fourth-order valence-corrected chi connectivity index (χ4v) is 2.36. The van der Waals surface area contributed by atoms with Gasteiger partial charge in [0.1, 0.15) is 6.61 Å². The second-order valence-electron chi connectivity index (χ2n) is 5.89. The minimum absolute atomic E-state index is 0.197. The first-order valence-electron chi connectivity index (χ1n) is 8.36. The zero-order chi connectivity index (χ0) is 17.2. The van der Waals surface area contributed by atoms with Crippen LogP contribution in [-0.2, 0) is 17.8 Å². The average Bonchev–Trinajstić information content (AvgIpc) is 2.60. The molecule has 24 heavy (non-hydrogen) atoms. The summed E-state index contributed by atoms with van der Waals surface area (Å²) in [7, 11) is 1.65. The Morgan fingerprint density at radius 2 is 1.75 bits per heavy atom. The summed E-state index contributed by atoms with van der Waals surface area (Å²) in [6, 6.07) is 16.3. The van der Waals surface area contributed by atoms with E-state index in [0.29, 0.717) is 19.8 Å². The predicted octanol–water partition coefficient (Wildman–Crippen LogP) is 3.57. The van der Waals surface area contributed by atoms with Crippen LogP contribution in [0.4, 0.5) is 0 Å². The Morgan fingerprint density at radius 1 is 0.958 bits per heavy atom. The van der Waals surface area contributed by atoms with Gasteiger partial charge in [-0.1, -0.05) is 36.4 Å². The summed E-state index contributed by atoms with van der Waals surface area (Å²) >= 11 is 0. The van der Waals surface area contributed by atoms with Crippen molar-refractivity contribution in [2.75, 3.05) is 20.3 Å². The summed E-state index contributed by atoms with van der Waals surface area (Å²) in [5.41, 5.74) is 8.19. The minimum Gasteiger partial charge on any atom is -0.493 e. The highest BCUT2D eigenvalue weighted by atomic mass is 16.5. The molecular weight excluding hydrogens is 302 g/mol. The molecule has 0 heterocycles. The van der Waals surface area contributed by atoms with Crippen molar-refractivity contribution in [3.05, 3.63) is 59.7 Å². The Labute approximate surface area is 144 Å². The third-order valence-corrected chi connectivity index (χ3v) is 3.71. The van der Waals surface area contributed by atoms with E-state index in [2.05, 4.69) is 6.07 Å². The monoisotopic (exact) mass is 329 g/mol. The second kappa shape index (κ2) is 9.96. The molecule has 2 aromatic rings. The largest absolute Gasteiger partial charge is 0.493 e. The quantitative estimate of drug-likeness (QED) is 0.677. The van der Waals surface area contributed by atoms with E-state index in [-0.39, 0.29) is 6.04 Å². The highest BCUT2D eigenvalue weighted by Crippen LogP contribution is 2.28. The van der Waals surface area contributed by atoms with Gasteiger partial charge in [-0.15, -0.1) is 0 Å². The Morgan fingerprint density at radius 3 is 2.46 bits per heavy atom. The topological polar surface area (TPSA) is 53.7 Å². The molecule has 0 aliphatic carbocycles. The third kappa shape index (κ3) is 6.22. The third-order valence-electron chi connectivity index (χ3n) is 3.71. The number of aryl methyl sites for hydroxylation is 1. The number of hydrogen-bond acceptors (Lipinski definition) is 4. The molecule has 0 saturated heterocycles. The van der Waals surface area contributed by atoms with Crippen LogP contribution >= 0.6 is 0 Å². The average molecular weight is 329 g/mol. The van der Waals surface area contributed by atoms with Crippen molar-refractivity contribution in [2.45, 2.75) is 32.4 Å². The van der Waals surface area contributed by atoms with Crippen molar-refractivity contribution in [2.24, 2.45) is 5.73 Å². The number of rotatable bonds is 10. The number of methoxy groups -OCH3 is 1. The SMILES string of the molecule is COc1ccc(CCC(C)N)cc1OCCOCc1ccccc1. The van der Waals surface area contributed by atoms with Crippen molar-refractivity contribution < 1.29 is 14.2 Å². The maximum absolute atomic E-state index is 5.83. The molecule has 0 aliphatic rings. The van der Waals surface area contributed by atoms with Crippen LogP contribution in [0.1, 0.15) is 24.5 Å². The van der Waals surface area contributed by atoms with Gasteiger partial charge in [0.05, 0.1) is 20.3 Å². The molecule has 4 nitrogen and oxygen atoms in total. The molecule has 0 aliphatic heterocycles. The lowest BCUT2D eigenvalue weighted by atomic mass is 10.1. The molecule has 0 aromatic heterocycles. The van der Waals surface area contributed by atoms with Crippen molar-refractivity contribution in [3.8, 4) is 11.5 Å². The first kappa shape index (κ1) is 18.3. The Balaban J connectivity index is 1.80. The van der Waals surface area contributed by atoms with Crippen LogP contribution in [-0.4, -0.2) is 26.4 Å². The molecule has 4 heteroatoms. The predicted molar refractivity (Wildman–Crippen MR) is 96.6 cm³/mol. The standard InChI is InChI=1S/C20H27NO3/c1-16(21)8-9-17-10-11-19(22-2)20(14-17)24-13-12-23-15-18-6-4-3-5-7-18/h3-7,10-11,14,16H,8-9,12-13,15,21H2,1-2H3. The van der Waals surface area contributed by atoms with E-state index in [0.717, 1.165) is 29.9 Å². The zero-order valence-electron chi connectivity index (χ0n) is 14.5. The van der Waals surface area contributed by atoms with E-state index in [4.69, 9.17) is 19.9 Å². The second-order valence-corrected chi connectivity index (χ2v) is 5.89. The molecule has 2 rings (SSSR count). The summed E-state index contributed by atoms with van der Waals surface area (Å²) in [5, 5.41) is 0. The molecule has 1 atom stereocenters. The van der Waals surface area contributed by atoms with Gasteiger partial charge in [-0.05, 0) is 43.0 Å². The summed E-state index contributed by atoms with van der Waals surface area (Å²) < 4.78 is 16.8. The summed E-state index contributed by atoms with van der Waals surface area (Å²) in [5.74, 6) is 1.49. The summed E-state index contributed by atoms with van der Waals surface area (Å²) in [6.07, 6.45) is 1.88. The fourth-order valence-electron chi connectivity index (χ4n) is 2.36. The van der Waals surface area contributed by atoms with E-state index < -0.39 is 0 Å². The lowest BCUT2D eigenvalue weighted by Gasteiger charge is -2.13. The zero-order valence-corrected chi connectivity index (χ0v) is 14.5. The molecule has 2 N–H and O–H groups in total. The van der Waals surface area contributed by atoms with Crippen molar-refractivity contribution >= 4 is 0 Å². The van der Waals surface area contributed by atoms with E-state index in [9.17, 15) is 0 Å². The lowest BCUT2D eigenvalue weighted by molar-refractivity contribution is 0.0879. The molecule has 0 saturated carbocycles. The van der Waals surface area contributed by atoms with Gasteiger partial charge in [-0.2, -0.15) is 0 Å². The van der Waals surface area contributed by atoms with E-state index in [1.54, 1.807) is 7.11 Å². The molecule has 2 aromatic carbocycles. The first-order chi connectivity index (χ1) is 11.7. The van der Waals surface area contributed by atoms with Crippen molar-refractivity contribution in [1.29, 1.82) is 0 Å². The van der Waals surface area contributed by atoms with Crippen LogP contribution in [0.15, 0.2) is 48.5 Å². The maximum atomic E-state index is 5.83. The highest BCUT2D eigenvalue weighted by molar-refractivity contribution is 5.43. The molecule has 0 spiro atoms. The molecule has 0 bridgehead atoms. The van der Waals surface area contributed by atoms with Crippen molar-refractivity contribution in [1.82, 2.24) is 0 Å². The summed E-state index contributed by atoms with van der Waals surface area (Å²) in [4.78, 5) is 0. The van der Waals surface area contributed by atoms with Gasteiger partial charge in [0, 0.05) is 6.04 Å². The van der Waals surface area contributed by atoms with E-state index in [1.807, 2.05) is 49.4 Å². The number of ether oxygens (including phenoxy) is 3. The van der Waals surface area contributed by atoms with Crippen molar-refractivity contribution in [3.63, 3.8) is 0 Å². The van der Waals surface area contributed by atoms with E-state index in [1.165, 1.54) is 5.56 Å². The van der Waals surface area contributed by atoms with Gasteiger partial charge < -0.3 is 19.9 Å². The normalized spacial score (nSPS) is 12.0. The first-order valence-corrected chi connectivity index (χ1v) is 8.36. The van der Waals surface area contributed by atoms with Gasteiger partial charge >= 0.3 is 0 Å².